The number of nitrogens with two attached hydrogens (primary N) is 1. The van der Waals surface area contributed by atoms with E-state index >= 15 is 0 Å². The minimum atomic E-state index is -1.58. The number of ether oxygens (including phenoxy) is 1. The second-order valence-electron chi connectivity index (χ2n) is 17.7. The van der Waals surface area contributed by atoms with E-state index in [2.05, 4.69) is 88.9 Å². The Morgan fingerprint density at radius 1 is 0.833 bits per heavy atom. The number of amides is 2. The van der Waals surface area contributed by atoms with Crippen molar-refractivity contribution in [2.45, 2.75) is 94.7 Å². The number of aromatic nitrogens is 2. The summed E-state index contributed by atoms with van der Waals surface area (Å²) in [6.45, 7) is 6.81. The van der Waals surface area contributed by atoms with Gasteiger partial charge in [0.1, 0.15) is 5.54 Å². The van der Waals surface area contributed by atoms with Gasteiger partial charge in [0.25, 0.3) is 11.8 Å². The van der Waals surface area contributed by atoms with E-state index in [4.69, 9.17) is 20.3 Å². The maximum absolute atomic E-state index is 15.0. The standard InChI is InChI=1S/C50H62N6O4/c1-48(2,3)60-49(51,32-37-20-10-6-11-21-37)47(58)56-34-39-23-19-18-22-38(39)30-44(56)33-52-45(46(57)54(4)59-5)31-43-35-55(36-53-43)50(40-24-12-7-13-25-40,41-26-14-8-15-27-41)42-28-16-9-17-29-42/h6-17,20-21,24-29,35-36,38-39,44-45,52H,18-19,22-23,30-34,51H2,1-5H3/t38-,39-,44+,45+,49?/m1/s1. The molecule has 1 saturated carbocycles. The molecule has 1 aliphatic heterocycles. The predicted molar refractivity (Wildman–Crippen MR) is 236 cm³/mol. The van der Waals surface area contributed by atoms with E-state index < -0.39 is 22.9 Å². The quantitative estimate of drug-likeness (QED) is 0.0646. The topological polar surface area (TPSA) is 115 Å². The van der Waals surface area contributed by atoms with Gasteiger partial charge in [0.2, 0.25) is 5.72 Å². The number of carbonyl (C=O) groups is 2. The third-order valence-electron chi connectivity index (χ3n) is 12.4. The Hall–Kier alpha value is -5.13. The van der Waals surface area contributed by atoms with Crippen LogP contribution in [0.4, 0.5) is 0 Å². The van der Waals surface area contributed by atoms with Crippen LogP contribution in [-0.4, -0.2) is 82.0 Å². The molecule has 7 rings (SSSR count). The molecule has 5 atom stereocenters. The SMILES string of the molecule is CON(C)C(=O)[C@H](Cc1cn(C(c2ccccc2)(c2ccccc2)c2ccccc2)cn1)NC[C@@H]1C[C@H]2CCCC[C@@H]2CN1C(=O)C(N)(Cc1ccccc1)OC(C)(C)C. The molecule has 3 N–H and O–H groups in total. The number of benzene rings is 4. The van der Waals surface area contributed by atoms with E-state index in [1.165, 1.54) is 18.6 Å². The summed E-state index contributed by atoms with van der Waals surface area (Å²) in [4.78, 5) is 41.6. The van der Waals surface area contributed by atoms with Gasteiger partial charge in [-0.15, -0.1) is 0 Å². The third kappa shape index (κ3) is 9.42. The number of hydrogen-bond donors (Lipinski definition) is 2. The van der Waals surface area contributed by atoms with Crippen LogP contribution >= 0.6 is 0 Å². The Morgan fingerprint density at radius 2 is 1.37 bits per heavy atom. The third-order valence-corrected chi connectivity index (χ3v) is 12.4. The molecule has 60 heavy (non-hydrogen) atoms. The number of hydroxylamine groups is 2. The summed E-state index contributed by atoms with van der Waals surface area (Å²) in [5.74, 6) is 0.444. The van der Waals surface area contributed by atoms with Crippen LogP contribution in [0.1, 0.15) is 80.8 Å². The molecular formula is C50H62N6O4. The van der Waals surface area contributed by atoms with Gasteiger partial charge in [-0.05, 0) is 67.7 Å². The Balaban J connectivity index is 1.21. The summed E-state index contributed by atoms with van der Waals surface area (Å²) in [6, 6.07) is 40.3. The molecule has 1 aliphatic carbocycles. The lowest BCUT2D eigenvalue weighted by molar-refractivity contribution is -0.182. The Bertz CT molecular complexity index is 2040. The summed E-state index contributed by atoms with van der Waals surface area (Å²) in [5, 5.41) is 4.89. The van der Waals surface area contributed by atoms with Crippen molar-refractivity contribution >= 4 is 11.8 Å². The number of hydrogen-bond acceptors (Lipinski definition) is 7. The van der Waals surface area contributed by atoms with Crippen LogP contribution in [-0.2, 0) is 37.5 Å². The zero-order valence-corrected chi connectivity index (χ0v) is 35.9. The number of fused-ring (bicyclic) bond motifs is 1. The van der Waals surface area contributed by atoms with Gasteiger partial charge in [0, 0.05) is 45.2 Å². The van der Waals surface area contributed by atoms with Crippen LogP contribution < -0.4 is 11.1 Å². The zero-order chi connectivity index (χ0) is 42.3. The highest BCUT2D eigenvalue weighted by Gasteiger charge is 2.48. The van der Waals surface area contributed by atoms with E-state index in [0.29, 0.717) is 31.3 Å². The van der Waals surface area contributed by atoms with E-state index in [9.17, 15) is 9.59 Å². The van der Waals surface area contributed by atoms with Gasteiger partial charge in [0.05, 0.1) is 30.8 Å². The van der Waals surface area contributed by atoms with E-state index in [1.807, 2.05) is 80.5 Å². The Morgan fingerprint density at radius 3 is 1.90 bits per heavy atom. The molecule has 2 amide bonds. The van der Waals surface area contributed by atoms with Gasteiger partial charge in [-0.1, -0.05) is 141 Å². The fraction of sp³-hybridized carbons (Fsp3) is 0.420. The number of imidazole rings is 1. The van der Waals surface area contributed by atoms with Gasteiger partial charge in [-0.2, -0.15) is 0 Å². The smallest absolute Gasteiger partial charge is 0.270 e. The van der Waals surface area contributed by atoms with Crippen LogP contribution in [0.2, 0.25) is 0 Å². The summed E-state index contributed by atoms with van der Waals surface area (Å²) < 4.78 is 8.69. The van der Waals surface area contributed by atoms with Crippen molar-refractivity contribution in [2.75, 3.05) is 27.2 Å². The van der Waals surface area contributed by atoms with Crippen molar-refractivity contribution in [1.29, 1.82) is 0 Å². The largest absolute Gasteiger partial charge is 0.345 e. The van der Waals surface area contributed by atoms with Crippen molar-refractivity contribution in [2.24, 2.45) is 17.6 Å². The van der Waals surface area contributed by atoms with E-state index in [0.717, 1.165) is 53.6 Å². The highest BCUT2D eigenvalue weighted by atomic mass is 16.7. The molecule has 0 spiro atoms. The molecule has 2 aliphatic rings. The van der Waals surface area contributed by atoms with Crippen LogP contribution in [0.15, 0.2) is 134 Å². The highest BCUT2D eigenvalue weighted by molar-refractivity contribution is 5.85. The second kappa shape index (κ2) is 18.6. The lowest BCUT2D eigenvalue weighted by Gasteiger charge is -2.49. The molecule has 5 aromatic rings. The minimum absolute atomic E-state index is 0.207. The molecule has 1 saturated heterocycles. The minimum Gasteiger partial charge on any atom is -0.345 e. The summed E-state index contributed by atoms with van der Waals surface area (Å²) in [7, 11) is 3.12. The van der Waals surface area contributed by atoms with Crippen LogP contribution in [0.3, 0.4) is 0 Å². The molecule has 316 valence electrons. The normalized spacial score (nSPS) is 19.8. The van der Waals surface area contributed by atoms with Gasteiger partial charge in [0.15, 0.2) is 0 Å². The number of piperidine rings is 1. The summed E-state index contributed by atoms with van der Waals surface area (Å²) >= 11 is 0. The van der Waals surface area contributed by atoms with Crippen molar-refractivity contribution < 1.29 is 19.2 Å². The maximum atomic E-state index is 15.0. The van der Waals surface area contributed by atoms with Gasteiger partial charge in [-0.3, -0.25) is 20.2 Å². The first kappa shape index (κ1) is 43.0. The average Bonchev–Trinajstić information content (AvgIpc) is 3.73. The van der Waals surface area contributed by atoms with Crippen molar-refractivity contribution in [3.05, 3.63) is 162 Å². The predicted octanol–water partition coefficient (Wildman–Crippen LogP) is 7.36. The Kier molecular flexibility index (Phi) is 13.4. The monoisotopic (exact) mass is 810 g/mol. The van der Waals surface area contributed by atoms with Crippen molar-refractivity contribution in [3.8, 4) is 0 Å². The molecule has 4 aromatic carbocycles. The lowest BCUT2D eigenvalue weighted by Crippen LogP contribution is -2.66. The lowest BCUT2D eigenvalue weighted by atomic mass is 9.72. The highest BCUT2D eigenvalue weighted by Crippen LogP contribution is 2.42. The number of likely N-dealkylation sites (N-methyl/N-ethyl adjacent to an activating group) is 1. The molecule has 10 heteroatoms. The molecule has 1 aromatic heterocycles. The molecule has 10 nitrogen and oxygen atoms in total. The molecule has 0 bridgehead atoms. The number of nitrogens with one attached hydrogen (secondary N) is 1. The van der Waals surface area contributed by atoms with Crippen LogP contribution in [0.5, 0.6) is 0 Å². The molecule has 2 fully saturated rings. The summed E-state index contributed by atoms with van der Waals surface area (Å²) in [5.41, 5.74) is 9.05. The Labute approximate surface area is 356 Å². The first-order chi connectivity index (χ1) is 28.9. The van der Waals surface area contributed by atoms with E-state index in [-0.39, 0.29) is 24.3 Å². The van der Waals surface area contributed by atoms with Crippen molar-refractivity contribution in [3.63, 3.8) is 0 Å². The number of rotatable bonds is 15. The van der Waals surface area contributed by atoms with Crippen LogP contribution in [0.25, 0.3) is 0 Å². The fourth-order valence-corrected chi connectivity index (χ4v) is 9.68. The summed E-state index contributed by atoms with van der Waals surface area (Å²) in [6.07, 6.45) is 9.87. The molecular weight excluding hydrogens is 749 g/mol. The molecule has 2 heterocycles. The van der Waals surface area contributed by atoms with Crippen molar-refractivity contribution in [1.82, 2.24) is 24.8 Å². The number of nitrogens with zero attached hydrogens (tertiary/aromatic N) is 4. The fourth-order valence-electron chi connectivity index (χ4n) is 9.68. The van der Waals surface area contributed by atoms with Crippen LogP contribution in [0, 0.1) is 11.8 Å². The van der Waals surface area contributed by atoms with Gasteiger partial charge >= 0.3 is 0 Å². The van der Waals surface area contributed by atoms with E-state index in [1.54, 1.807) is 7.05 Å². The second-order valence-corrected chi connectivity index (χ2v) is 17.7. The maximum Gasteiger partial charge on any atom is 0.270 e. The zero-order valence-electron chi connectivity index (χ0n) is 35.9. The number of carbonyl (C=O) groups excluding carboxylic acids is 2. The number of likely N-dealkylation sites (tertiary alicyclic amines) is 1. The van der Waals surface area contributed by atoms with Gasteiger partial charge < -0.3 is 19.5 Å². The first-order valence-electron chi connectivity index (χ1n) is 21.5. The average molecular weight is 811 g/mol. The molecule has 1 unspecified atom stereocenters. The first-order valence-corrected chi connectivity index (χ1v) is 21.5. The molecule has 0 radical (unpaired) electrons. The van der Waals surface area contributed by atoms with Gasteiger partial charge in [-0.25, -0.2) is 10.0 Å².